The van der Waals surface area contributed by atoms with Crippen molar-refractivity contribution >= 4 is 0 Å². The fraction of sp³-hybridized carbons (Fsp3) is 0.455. The molecule has 0 saturated carbocycles. The van der Waals surface area contributed by atoms with Crippen LogP contribution in [-0.2, 0) is 0 Å². The largest absolute Gasteiger partial charge is 0.491 e. The highest BCUT2D eigenvalue weighted by atomic mass is 16.5. The highest BCUT2D eigenvalue weighted by Crippen LogP contribution is 2.17. The van der Waals surface area contributed by atoms with Gasteiger partial charge in [-0.3, -0.25) is 0 Å². The van der Waals surface area contributed by atoms with E-state index in [1.165, 1.54) is 0 Å². The molecule has 0 aromatic heterocycles. The molecular formula is C11H17NO. The molecule has 0 radical (unpaired) electrons. The van der Waals surface area contributed by atoms with Crippen molar-refractivity contribution in [2.45, 2.75) is 26.3 Å². The van der Waals surface area contributed by atoms with Crippen LogP contribution in [0.1, 0.15) is 19.4 Å². The third-order valence-electron chi connectivity index (χ3n) is 1.69. The van der Waals surface area contributed by atoms with Gasteiger partial charge in [-0.15, -0.1) is 0 Å². The summed E-state index contributed by atoms with van der Waals surface area (Å²) in [7, 11) is 0. The van der Waals surface area contributed by atoms with Crippen LogP contribution in [0.2, 0.25) is 0 Å². The maximum absolute atomic E-state index is 5.81. The fourth-order valence-corrected chi connectivity index (χ4v) is 0.982. The Hall–Kier alpha value is -1.02. The van der Waals surface area contributed by atoms with Gasteiger partial charge in [0.05, 0.1) is 0 Å². The third-order valence-corrected chi connectivity index (χ3v) is 1.69. The first-order valence-corrected chi connectivity index (χ1v) is 4.46. The van der Waals surface area contributed by atoms with E-state index < -0.39 is 0 Å². The first kappa shape index (κ1) is 10.1. The van der Waals surface area contributed by atoms with E-state index in [4.69, 9.17) is 10.5 Å². The van der Waals surface area contributed by atoms with Gasteiger partial charge in [-0.25, -0.2) is 0 Å². The van der Waals surface area contributed by atoms with Crippen LogP contribution in [0, 0.1) is 6.92 Å². The summed E-state index contributed by atoms with van der Waals surface area (Å²) in [4.78, 5) is 0. The lowest BCUT2D eigenvalue weighted by Crippen LogP contribution is -2.38. The maximum Gasteiger partial charge on any atom is 0.122 e. The average Bonchev–Trinajstić information content (AvgIpc) is 2.01. The van der Waals surface area contributed by atoms with E-state index in [1.807, 2.05) is 45.0 Å². The standard InChI is InChI=1S/C11H17NO/c1-9-6-4-5-7-10(9)13-8-11(2,3)12/h4-7H,8,12H2,1-3H3. The van der Waals surface area contributed by atoms with Crippen LogP contribution in [0.4, 0.5) is 0 Å². The van der Waals surface area contributed by atoms with Crippen LogP contribution < -0.4 is 10.5 Å². The summed E-state index contributed by atoms with van der Waals surface area (Å²) in [6, 6.07) is 7.95. The van der Waals surface area contributed by atoms with Gasteiger partial charge < -0.3 is 10.5 Å². The van der Waals surface area contributed by atoms with E-state index in [1.54, 1.807) is 0 Å². The number of hydrogen-bond donors (Lipinski definition) is 1. The molecule has 0 spiro atoms. The molecule has 1 rings (SSSR count). The summed E-state index contributed by atoms with van der Waals surface area (Å²) in [5.74, 6) is 0.918. The molecule has 13 heavy (non-hydrogen) atoms. The van der Waals surface area contributed by atoms with E-state index in [0.717, 1.165) is 11.3 Å². The molecule has 2 heteroatoms. The van der Waals surface area contributed by atoms with Gasteiger partial charge in [-0.05, 0) is 32.4 Å². The van der Waals surface area contributed by atoms with Crippen molar-refractivity contribution in [2.24, 2.45) is 5.73 Å². The molecule has 0 aliphatic heterocycles. The molecule has 0 saturated heterocycles. The third kappa shape index (κ3) is 3.47. The molecule has 1 aromatic carbocycles. The molecule has 2 N–H and O–H groups in total. The molecule has 0 aliphatic rings. The number of hydrogen-bond acceptors (Lipinski definition) is 2. The van der Waals surface area contributed by atoms with E-state index in [0.29, 0.717) is 6.61 Å². The highest BCUT2D eigenvalue weighted by Gasteiger charge is 2.11. The Bertz CT molecular complexity index is 276. The minimum Gasteiger partial charge on any atom is -0.491 e. The van der Waals surface area contributed by atoms with Gasteiger partial charge in [0.2, 0.25) is 0 Å². The average molecular weight is 179 g/mol. The Morgan fingerprint density at radius 2 is 1.92 bits per heavy atom. The zero-order valence-corrected chi connectivity index (χ0v) is 8.50. The van der Waals surface area contributed by atoms with Crippen molar-refractivity contribution in [1.82, 2.24) is 0 Å². The van der Waals surface area contributed by atoms with Gasteiger partial charge in [0, 0.05) is 5.54 Å². The molecule has 0 unspecified atom stereocenters. The van der Waals surface area contributed by atoms with Crippen LogP contribution in [0.5, 0.6) is 5.75 Å². The Morgan fingerprint density at radius 1 is 1.31 bits per heavy atom. The van der Waals surface area contributed by atoms with Crippen molar-refractivity contribution in [3.05, 3.63) is 29.8 Å². The molecule has 0 aliphatic carbocycles. The molecule has 0 atom stereocenters. The van der Waals surface area contributed by atoms with Crippen LogP contribution in [-0.4, -0.2) is 12.1 Å². The quantitative estimate of drug-likeness (QED) is 0.771. The van der Waals surface area contributed by atoms with E-state index >= 15 is 0 Å². The second-order valence-corrected chi connectivity index (χ2v) is 4.04. The summed E-state index contributed by atoms with van der Waals surface area (Å²) >= 11 is 0. The maximum atomic E-state index is 5.81. The van der Waals surface area contributed by atoms with Crippen molar-refractivity contribution in [1.29, 1.82) is 0 Å². The Balaban J connectivity index is 2.60. The number of aryl methyl sites for hydroxylation is 1. The molecule has 72 valence electrons. The van der Waals surface area contributed by atoms with Gasteiger partial charge in [0.1, 0.15) is 12.4 Å². The number of benzene rings is 1. The zero-order valence-electron chi connectivity index (χ0n) is 8.50. The van der Waals surface area contributed by atoms with Gasteiger partial charge in [0.25, 0.3) is 0 Å². The molecule has 0 amide bonds. The molecule has 0 fully saturated rings. The van der Waals surface area contributed by atoms with Gasteiger partial charge in [0.15, 0.2) is 0 Å². The molecule has 0 heterocycles. The Morgan fingerprint density at radius 3 is 2.46 bits per heavy atom. The first-order chi connectivity index (χ1) is 5.99. The fourth-order valence-electron chi connectivity index (χ4n) is 0.982. The molecular weight excluding hydrogens is 162 g/mol. The van der Waals surface area contributed by atoms with E-state index in [2.05, 4.69) is 0 Å². The van der Waals surface area contributed by atoms with E-state index in [9.17, 15) is 0 Å². The summed E-state index contributed by atoms with van der Waals surface area (Å²) < 4.78 is 5.58. The smallest absolute Gasteiger partial charge is 0.122 e. The second kappa shape index (κ2) is 3.79. The topological polar surface area (TPSA) is 35.2 Å². The summed E-state index contributed by atoms with van der Waals surface area (Å²) in [5, 5.41) is 0. The van der Waals surface area contributed by atoms with Crippen LogP contribution in [0.15, 0.2) is 24.3 Å². The predicted octanol–water partition coefficient (Wildman–Crippen LogP) is 2.11. The van der Waals surface area contributed by atoms with Gasteiger partial charge in [-0.2, -0.15) is 0 Å². The summed E-state index contributed by atoms with van der Waals surface area (Å²) in [6.45, 7) is 6.47. The minimum absolute atomic E-state index is 0.276. The number of rotatable bonds is 3. The molecule has 0 bridgehead atoms. The number of nitrogens with two attached hydrogens (primary N) is 1. The van der Waals surface area contributed by atoms with Gasteiger partial charge in [-0.1, -0.05) is 18.2 Å². The predicted molar refractivity (Wildman–Crippen MR) is 54.9 cm³/mol. The van der Waals surface area contributed by atoms with Crippen LogP contribution in [0.25, 0.3) is 0 Å². The van der Waals surface area contributed by atoms with Crippen LogP contribution in [0.3, 0.4) is 0 Å². The zero-order chi connectivity index (χ0) is 9.90. The van der Waals surface area contributed by atoms with Crippen LogP contribution >= 0.6 is 0 Å². The van der Waals surface area contributed by atoms with Crippen molar-refractivity contribution < 1.29 is 4.74 Å². The lowest BCUT2D eigenvalue weighted by Gasteiger charge is -2.19. The molecule has 2 nitrogen and oxygen atoms in total. The monoisotopic (exact) mass is 179 g/mol. The van der Waals surface area contributed by atoms with Crippen molar-refractivity contribution in [3.8, 4) is 5.75 Å². The van der Waals surface area contributed by atoms with Crippen molar-refractivity contribution in [2.75, 3.05) is 6.61 Å². The minimum atomic E-state index is -0.276. The lowest BCUT2D eigenvalue weighted by molar-refractivity contribution is 0.242. The van der Waals surface area contributed by atoms with Gasteiger partial charge >= 0.3 is 0 Å². The normalized spacial score (nSPS) is 11.4. The molecule has 1 aromatic rings. The van der Waals surface area contributed by atoms with E-state index in [-0.39, 0.29) is 5.54 Å². The Labute approximate surface area is 79.7 Å². The SMILES string of the molecule is Cc1ccccc1OCC(C)(C)N. The lowest BCUT2D eigenvalue weighted by atomic mass is 10.1. The van der Waals surface area contributed by atoms with Crippen molar-refractivity contribution in [3.63, 3.8) is 0 Å². The number of ether oxygens (including phenoxy) is 1. The summed E-state index contributed by atoms with van der Waals surface area (Å²) in [5.41, 5.74) is 6.68. The number of para-hydroxylation sites is 1. The highest BCUT2D eigenvalue weighted by molar-refractivity contribution is 5.31. The Kier molecular flexibility index (Phi) is 2.94. The summed E-state index contributed by atoms with van der Waals surface area (Å²) in [6.07, 6.45) is 0. The second-order valence-electron chi connectivity index (χ2n) is 4.04. The first-order valence-electron chi connectivity index (χ1n) is 4.46.